The zero-order valence-electron chi connectivity index (χ0n) is 8.79. The maximum Gasteiger partial charge on any atom is 0.433 e. The van der Waals surface area contributed by atoms with Crippen molar-refractivity contribution in [3.8, 4) is 0 Å². The lowest BCUT2D eigenvalue weighted by Crippen LogP contribution is -2.11. The van der Waals surface area contributed by atoms with E-state index < -0.39 is 16.7 Å². The fraction of sp³-hybridized carbons (Fsp3) is 0. The van der Waals surface area contributed by atoms with E-state index in [1.54, 1.807) is 12.1 Å². The Hall–Kier alpha value is -2.22. The van der Waals surface area contributed by atoms with Crippen LogP contribution in [0.5, 0.6) is 0 Å². The van der Waals surface area contributed by atoms with Crippen molar-refractivity contribution in [1.82, 2.24) is 4.98 Å². The van der Waals surface area contributed by atoms with Crippen LogP contribution in [-0.2, 0) is 0 Å². The van der Waals surface area contributed by atoms with Crippen LogP contribution < -0.4 is 5.32 Å². The second kappa shape index (κ2) is 4.96. The summed E-state index contributed by atoms with van der Waals surface area (Å²) in [6, 6.07) is 5.64. The number of carbonyl (C=O) groups excluding carboxylic acids is 1. The Bertz CT molecular complexity index is 611. The first kappa shape index (κ1) is 12.2. The number of pyridine rings is 1. The number of furan rings is 1. The quantitative estimate of drug-likeness (QED) is 0.694. The lowest BCUT2D eigenvalue weighted by molar-refractivity contribution is -0.402. The minimum atomic E-state index is -0.714. The lowest BCUT2D eigenvalue weighted by Gasteiger charge is -2.01. The lowest BCUT2D eigenvalue weighted by atomic mass is 10.4. The van der Waals surface area contributed by atoms with Crippen molar-refractivity contribution < 1.29 is 14.1 Å². The van der Waals surface area contributed by atoms with E-state index in [0.717, 1.165) is 10.5 Å². The van der Waals surface area contributed by atoms with Gasteiger partial charge in [0, 0.05) is 10.7 Å². The highest BCUT2D eigenvalue weighted by molar-refractivity contribution is 9.10. The molecule has 92 valence electrons. The van der Waals surface area contributed by atoms with Crippen molar-refractivity contribution in [3.63, 3.8) is 0 Å². The predicted octanol–water partition coefficient (Wildman–Crippen LogP) is 2.60. The van der Waals surface area contributed by atoms with Crippen LogP contribution in [0.3, 0.4) is 0 Å². The molecule has 2 aromatic rings. The first-order valence-electron chi connectivity index (χ1n) is 4.73. The number of hydrogen-bond donors (Lipinski definition) is 1. The molecule has 1 amide bonds. The van der Waals surface area contributed by atoms with Crippen LogP contribution >= 0.6 is 15.9 Å². The van der Waals surface area contributed by atoms with Gasteiger partial charge in [-0.15, -0.1) is 0 Å². The molecule has 0 atom stereocenters. The number of rotatable bonds is 3. The SMILES string of the molecule is O=C(Nc1cc(Br)ccn1)c1ccc([N+](=O)[O-])o1. The third-order valence-corrected chi connectivity index (χ3v) is 2.45. The van der Waals surface area contributed by atoms with Gasteiger partial charge < -0.3 is 9.73 Å². The molecule has 0 radical (unpaired) electrons. The van der Waals surface area contributed by atoms with Crippen molar-refractivity contribution in [2.75, 3.05) is 5.32 Å². The second-order valence-corrected chi connectivity index (χ2v) is 4.12. The summed E-state index contributed by atoms with van der Waals surface area (Å²) in [6.45, 7) is 0. The van der Waals surface area contributed by atoms with E-state index in [1.165, 1.54) is 12.3 Å². The molecule has 18 heavy (non-hydrogen) atoms. The number of anilines is 1. The summed E-state index contributed by atoms with van der Waals surface area (Å²) >= 11 is 3.23. The van der Waals surface area contributed by atoms with Crippen LogP contribution in [0, 0.1) is 10.1 Å². The van der Waals surface area contributed by atoms with Gasteiger partial charge >= 0.3 is 5.88 Å². The average Bonchev–Trinajstić information content (AvgIpc) is 2.78. The van der Waals surface area contributed by atoms with Gasteiger partial charge in [0.05, 0.1) is 6.07 Å². The van der Waals surface area contributed by atoms with Gasteiger partial charge in [0.2, 0.25) is 0 Å². The standard InChI is InChI=1S/C10H6BrN3O4/c11-6-3-4-12-8(5-6)13-10(15)7-1-2-9(18-7)14(16)17/h1-5H,(H,12,13,15). The van der Waals surface area contributed by atoms with Crippen molar-refractivity contribution >= 4 is 33.5 Å². The molecule has 0 aromatic carbocycles. The van der Waals surface area contributed by atoms with Gasteiger partial charge in [-0.25, -0.2) is 4.98 Å². The minimum Gasteiger partial charge on any atom is -0.395 e. The van der Waals surface area contributed by atoms with E-state index in [2.05, 4.69) is 26.2 Å². The number of hydrogen-bond acceptors (Lipinski definition) is 5. The molecule has 0 fully saturated rings. The Morgan fingerprint density at radius 2 is 2.22 bits per heavy atom. The summed E-state index contributed by atoms with van der Waals surface area (Å²) in [5, 5.41) is 12.9. The van der Waals surface area contributed by atoms with Crippen molar-refractivity contribution in [3.05, 3.63) is 50.8 Å². The number of halogens is 1. The Morgan fingerprint density at radius 3 is 2.83 bits per heavy atom. The minimum absolute atomic E-state index is 0.150. The van der Waals surface area contributed by atoms with Gasteiger partial charge in [0.1, 0.15) is 10.7 Å². The van der Waals surface area contributed by atoms with Crippen LogP contribution in [0.4, 0.5) is 11.7 Å². The molecular weight excluding hydrogens is 306 g/mol. The molecule has 1 N–H and O–H groups in total. The summed E-state index contributed by atoms with van der Waals surface area (Å²) in [7, 11) is 0. The summed E-state index contributed by atoms with van der Waals surface area (Å²) in [6.07, 6.45) is 1.50. The van der Waals surface area contributed by atoms with E-state index in [-0.39, 0.29) is 5.76 Å². The van der Waals surface area contributed by atoms with Crippen LogP contribution in [0.1, 0.15) is 10.6 Å². The molecule has 2 aromatic heterocycles. The molecule has 0 saturated heterocycles. The van der Waals surface area contributed by atoms with Gasteiger partial charge in [-0.05, 0) is 18.2 Å². The molecule has 7 nitrogen and oxygen atoms in total. The molecular formula is C10H6BrN3O4. The highest BCUT2D eigenvalue weighted by Crippen LogP contribution is 2.18. The van der Waals surface area contributed by atoms with Crippen LogP contribution in [0.25, 0.3) is 0 Å². The van der Waals surface area contributed by atoms with E-state index in [9.17, 15) is 14.9 Å². The van der Waals surface area contributed by atoms with Crippen molar-refractivity contribution in [2.24, 2.45) is 0 Å². The third kappa shape index (κ3) is 2.72. The topological polar surface area (TPSA) is 98.3 Å². The summed E-state index contributed by atoms with van der Waals surface area (Å²) in [4.78, 5) is 25.3. The van der Waals surface area contributed by atoms with Crippen molar-refractivity contribution in [2.45, 2.75) is 0 Å². The Balaban J connectivity index is 2.14. The Morgan fingerprint density at radius 1 is 1.44 bits per heavy atom. The second-order valence-electron chi connectivity index (χ2n) is 3.21. The summed E-state index contributed by atoms with van der Waals surface area (Å²) in [5.41, 5.74) is 0. The van der Waals surface area contributed by atoms with Crippen molar-refractivity contribution in [1.29, 1.82) is 0 Å². The number of carbonyl (C=O) groups is 1. The number of nitro groups is 1. The normalized spacial score (nSPS) is 10.1. The zero-order chi connectivity index (χ0) is 13.1. The van der Waals surface area contributed by atoms with E-state index in [1.807, 2.05) is 0 Å². The molecule has 0 aliphatic rings. The zero-order valence-corrected chi connectivity index (χ0v) is 10.4. The maximum atomic E-state index is 11.7. The van der Waals surface area contributed by atoms with E-state index >= 15 is 0 Å². The first-order valence-corrected chi connectivity index (χ1v) is 5.52. The highest BCUT2D eigenvalue weighted by atomic mass is 79.9. The van der Waals surface area contributed by atoms with Gasteiger partial charge in [-0.2, -0.15) is 0 Å². The predicted molar refractivity (Wildman–Crippen MR) is 65.3 cm³/mol. The number of aromatic nitrogens is 1. The van der Waals surface area contributed by atoms with Crippen LogP contribution in [0.15, 0.2) is 39.4 Å². The molecule has 0 saturated carbocycles. The molecule has 0 unspecified atom stereocenters. The molecule has 2 heterocycles. The van der Waals surface area contributed by atoms with Gasteiger partial charge in [0.15, 0.2) is 5.76 Å². The molecule has 0 bridgehead atoms. The number of nitrogens with zero attached hydrogens (tertiary/aromatic N) is 2. The fourth-order valence-electron chi connectivity index (χ4n) is 1.20. The molecule has 0 aliphatic carbocycles. The van der Waals surface area contributed by atoms with E-state index in [0.29, 0.717) is 5.82 Å². The molecule has 2 rings (SSSR count). The average molecular weight is 312 g/mol. The van der Waals surface area contributed by atoms with Gasteiger partial charge in [-0.1, -0.05) is 15.9 Å². The van der Waals surface area contributed by atoms with Crippen LogP contribution in [0.2, 0.25) is 0 Å². The molecule has 0 aliphatic heterocycles. The smallest absolute Gasteiger partial charge is 0.395 e. The summed E-state index contributed by atoms with van der Waals surface area (Å²) < 4.78 is 5.51. The van der Waals surface area contributed by atoms with Crippen LogP contribution in [-0.4, -0.2) is 15.8 Å². The highest BCUT2D eigenvalue weighted by Gasteiger charge is 2.17. The maximum absolute atomic E-state index is 11.7. The summed E-state index contributed by atoms with van der Waals surface area (Å²) in [5.74, 6) is -0.923. The number of amides is 1. The Labute approximate surface area is 109 Å². The van der Waals surface area contributed by atoms with Gasteiger partial charge in [-0.3, -0.25) is 14.9 Å². The first-order chi connectivity index (χ1) is 8.56. The monoisotopic (exact) mass is 311 g/mol. The molecule has 8 heteroatoms. The van der Waals surface area contributed by atoms with E-state index in [4.69, 9.17) is 4.42 Å². The molecule has 0 spiro atoms. The third-order valence-electron chi connectivity index (χ3n) is 1.96. The fourth-order valence-corrected chi connectivity index (χ4v) is 1.53. The van der Waals surface area contributed by atoms with Gasteiger partial charge in [0.25, 0.3) is 5.91 Å². The largest absolute Gasteiger partial charge is 0.433 e. The Kier molecular flexibility index (Phi) is 3.38. The number of nitrogens with one attached hydrogen (secondary N) is 1.